The van der Waals surface area contributed by atoms with Crippen molar-refractivity contribution in [1.29, 1.82) is 0 Å². The van der Waals surface area contributed by atoms with E-state index in [9.17, 15) is 39.6 Å². The van der Waals surface area contributed by atoms with Crippen LogP contribution in [0, 0.1) is 17.8 Å². The van der Waals surface area contributed by atoms with Crippen molar-refractivity contribution in [3.8, 4) is 5.75 Å². The van der Waals surface area contributed by atoms with E-state index < -0.39 is 63.8 Å². The third-order valence-electron chi connectivity index (χ3n) is 7.94. The number of ketones is 3. The lowest BCUT2D eigenvalue weighted by atomic mass is 9.60. The average Bonchev–Trinajstić information content (AvgIpc) is 2.79. The first-order valence-electron chi connectivity index (χ1n) is 12.4. The first kappa shape index (κ1) is 27.2. The van der Waals surface area contributed by atoms with Gasteiger partial charge in [-0.05, 0) is 43.2 Å². The van der Waals surface area contributed by atoms with E-state index in [0.717, 1.165) is 0 Å². The minimum atomic E-state index is -2.62. The number of nitrogens with one attached hydrogen (secondary N) is 1. The van der Waals surface area contributed by atoms with Crippen molar-refractivity contribution < 1.29 is 39.6 Å². The van der Waals surface area contributed by atoms with Gasteiger partial charge in [0, 0.05) is 37.7 Å². The van der Waals surface area contributed by atoms with Crippen molar-refractivity contribution in [3.05, 3.63) is 39.9 Å². The predicted octanol–water partition coefficient (Wildman–Crippen LogP) is 1.67. The molecule has 0 fully saturated rings. The van der Waals surface area contributed by atoms with Crippen molar-refractivity contribution in [1.82, 2.24) is 0 Å². The number of carbonyl (C=O) groups excluding carboxylic acids is 4. The molecule has 1 aromatic carbocycles. The smallest absolute Gasteiger partial charge is 0.255 e. The van der Waals surface area contributed by atoms with Crippen LogP contribution in [0.25, 0.3) is 0 Å². The van der Waals surface area contributed by atoms with Crippen molar-refractivity contribution in [2.45, 2.75) is 51.7 Å². The second-order valence-corrected chi connectivity index (χ2v) is 10.9. The molecule has 1 aromatic rings. The number of fused-ring (bicyclic) bond motifs is 3. The minimum Gasteiger partial charge on any atom is -0.511 e. The molecule has 0 saturated heterocycles. The van der Waals surface area contributed by atoms with Gasteiger partial charge in [0.05, 0.1) is 17.3 Å². The monoisotopic (exact) mass is 527 g/mol. The van der Waals surface area contributed by atoms with Gasteiger partial charge in [0.1, 0.15) is 22.8 Å². The second-order valence-electron chi connectivity index (χ2n) is 10.9. The van der Waals surface area contributed by atoms with Crippen LogP contribution in [0.2, 0.25) is 0 Å². The van der Waals surface area contributed by atoms with Gasteiger partial charge in [-0.2, -0.15) is 0 Å². The highest BCUT2D eigenvalue weighted by Crippen LogP contribution is 2.53. The Labute approximate surface area is 219 Å². The normalized spacial score (nSPS) is 25.6. The number of amides is 1. The number of anilines is 2. The number of aliphatic hydroxyl groups excluding tert-OH is 2. The number of nitrogens with zero attached hydrogens (tertiary/aromatic N) is 1. The molecule has 1 unspecified atom stereocenters. The molecule has 0 spiro atoms. The summed E-state index contributed by atoms with van der Waals surface area (Å²) in [4.78, 5) is 52.8. The fourth-order valence-electron chi connectivity index (χ4n) is 6.08. The summed E-state index contributed by atoms with van der Waals surface area (Å²) in [6.45, 7) is 5.10. The molecule has 11 heteroatoms. The molecule has 0 saturated carbocycles. The third-order valence-corrected chi connectivity index (χ3v) is 7.94. The van der Waals surface area contributed by atoms with E-state index in [1.165, 1.54) is 6.92 Å². The fourth-order valence-corrected chi connectivity index (χ4v) is 6.08. The molecule has 0 aromatic heterocycles. The summed E-state index contributed by atoms with van der Waals surface area (Å²) < 4.78 is 0. The van der Waals surface area contributed by atoms with Gasteiger partial charge in [0.25, 0.3) is 5.91 Å². The van der Waals surface area contributed by atoms with Gasteiger partial charge >= 0.3 is 0 Å². The van der Waals surface area contributed by atoms with Gasteiger partial charge in [-0.15, -0.1) is 0 Å². The Morgan fingerprint density at radius 3 is 2.32 bits per heavy atom. The number of aliphatic hydroxyl groups is 3. The molecule has 204 valence electrons. The van der Waals surface area contributed by atoms with Gasteiger partial charge in [-0.1, -0.05) is 13.8 Å². The van der Waals surface area contributed by atoms with Gasteiger partial charge < -0.3 is 36.4 Å². The van der Waals surface area contributed by atoms with E-state index in [1.807, 2.05) is 13.8 Å². The number of benzene rings is 1. The van der Waals surface area contributed by atoms with Gasteiger partial charge in [0.2, 0.25) is 5.78 Å². The number of nitrogens with two attached hydrogens (primary N) is 1. The van der Waals surface area contributed by atoms with Crippen molar-refractivity contribution in [2.75, 3.05) is 24.3 Å². The van der Waals surface area contributed by atoms with Crippen LogP contribution in [0.4, 0.5) is 11.4 Å². The largest absolute Gasteiger partial charge is 0.511 e. The number of allylic oxidation sites excluding steroid dienone is 2. The van der Waals surface area contributed by atoms with E-state index in [1.54, 1.807) is 25.1 Å². The molecular formula is C27H33N3O8. The molecule has 4 atom stereocenters. The molecule has 0 heterocycles. The first-order chi connectivity index (χ1) is 17.6. The molecule has 7 N–H and O–H groups in total. The lowest BCUT2D eigenvalue weighted by molar-refractivity contribution is -0.144. The summed E-state index contributed by atoms with van der Waals surface area (Å²) in [7, 11) is 3.53. The maximum atomic E-state index is 13.9. The molecule has 3 aliphatic rings. The highest BCUT2D eigenvalue weighted by atomic mass is 16.3. The van der Waals surface area contributed by atoms with Crippen LogP contribution in [0.3, 0.4) is 0 Å². The van der Waals surface area contributed by atoms with Gasteiger partial charge in [-0.3, -0.25) is 19.2 Å². The summed E-state index contributed by atoms with van der Waals surface area (Å²) in [5.41, 5.74) is 2.73. The lowest BCUT2D eigenvalue weighted by Crippen LogP contribution is -2.57. The van der Waals surface area contributed by atoms with E-state index in [0.29, 0.717) is 11.3 Å². The molecule has 4 rings (SSSR count). The summed E-state index contributed by atoms with van der Waals surface area (Å²) in [5, 5.41) is 47.2. The fraction of sp³-hybridized carbons (Fsp3) is 0.481. The number of hydrogen-bond donors (Lipinski definition) is 6. The first-order valence-corrected chi connectivity index (χ1v) is 12.4. The quantitative estimate of drug-likeness (QED) is 0.234. The molecule has 38 heavy (non-hydrogen) atoms. The lowest BCUT2D eigenvalue weighted by Gasteiger charge is -2.46. The van der Waals surface area contributed by atoms with Crippen LogP contribution in [-0.2, 0) is 20.8 Å². The zero-order valence-corrected chi connectivity index (χ0v) is 22.0. The van der Waals surface area contributed by atoms with Crippen molar-refractivity contribution in [2.24, 2.45) is 23.5 Å². The van der Waals surface area contributed by atoms with Crippen LogP contribution >= 0.6 is 0 Å². The van der Waals surface area contributed by atoms with Crippen molar-refractivity contribution in [3.63, 3.8) is 0 Å². The zero-order valence-electron chi connectivity index (χ0n) is 22.0. The van der Waals surface area contributed by atoms with Crippen LogP contribution in [0.5, 0.6) is 5.75 Å². The summed E-state index contributed by atoms with van der Waals surface area (Å²) in [6.07, 6.45) is -0.0436. The highest BCUT2D eigenvalue weighted by Gasteiger charge is 2.59. The van der Waals surface area contributed by atoms with E-state index in [4.69, 9.17) is 5.73 Å². The Morgan fingerprint density at radius 2 is 1.79 bits per heavy atom. The molecule has 3 aliphatic carbocycles. The summed E-state index contributed by atoms with van der Waals surface area (Å²) >= 11 is 0. The molecule has 1 amide bonds. The molecule has 0 radical (unpaired) electrons. The number of hydrogen-bond acceptors (Lipinski definition) is 10. The number of primary amides is 1. The summed E-state index contributed by atoms with van der Waals surface area (Å²) in [6, 6.07) is 1.02. The van der Waals surface area contributed by atoms with E-state index in [-0.39, 0.29) is 47.8 Å². The van der Waals surface area contributed by atoms with Crippen LogP contribution in [0.1, 0.15) is 49.5 Å². The van der Waals surface area contributed by atoms with Gasteiger partial charge in [-0.25, -0.2) is 0 Å². The maximum absolute atomic E-state index is 13.9. The highest BCUT2D eigenvalue weighted by molar-refractivity contribution is 6.24. The van der Waals surface area contributed by atoms with Crippen LogP contribution in [-0.4, -0.2) is 69.4 Å². The number of aromatic hydroxyl groups is 1. The van der Waals surface area contributed by atoms with E-state index in [2.05, 4.69) is 5.32 Å². The SMILES string of the molecule is CC(=O)C(Nc1cc(N(C)C)c2c(c1O)C(=O)C1=C(O)[C@]3(O)C(=O)C(C(N)=O)=C(O)C[C@@H]3C[C@@H]1C2)C(C)C. The number of phenolic OH excluding ortho intramolecular Hbond substituents is 1. The molecule has 0 aliphatic heterocycles. The number of rotatable bonds is 6. The standard InChI is InChI=1S/C27H33N3O8/c1-10(2)21(11(3)31)29-15-9-16(30(4)5)14-7-12-6-13-8-17(32)20(26(28)37)25(36)27(13,38)24(35)18(12)23(34)19(14)22(15)33/h9-10,12-13,21,29,32-33,35,38H,6-8H2,1-5H3,(H2,28,37)/t12-,13+,21?,27+/m1/s1. The third kappa shape index (κ3) is 3.84. The van der Waals surface area contributed by atoms with Gasteiger partial charge in [0.15, 0.2) is 17.2 Å². The predicted molar refractivity (Wildman–Crippen MR) is 138 cm³/mol. The van der Waals surface area contributed by atoms with Crippen LogP contribution < -0.4 is 16.0 Å². The Kier molecular flexibility index (Phi) is 6.55. The molecule has 11 nitrogen and oxygen atoms in total. The number of carbonyl (C=O) groups is 4. The Morgan fingerprint density at radius 1 is 1.16 bits per heavy atom. The topological polar surface area (TPSA) is 190 Å². The number of phenols is 1. The van der Waals surface area contributed by atoms with E-state index >= 15 is 0 Å². The molecular weight excluding hydrogens is 494 g/mol. The van der Waals surface area contributed by atoms with Crippen LogP contribution in [0.15, 0.2) is 28.7 Å². The minimum absolute atomic E-state index is 0.0519. The second kappa shape index (κ2) is 9.16. The zero-order chi connectivity index (χ0) is 28.4. The maximum Gasteiger partial charge on any atom is 0.255 e. The Bertz CT molecular complexity index is 1340. The average molecular weight is 528 g/mol. The molecule has 0 bridgehead atoms. The number of Topliss-reactive ketones (excluding diaryl/α,β-unsaturated/α-hetero) is 3. The Hall–Kier alpha value is -3.86. The Balaban J connectivity index is 1.91. The van der Waals surface area contributed by atoms with Crippen molar-refractivity contribution >= 4 is 34.6 Å². The summed E-state index contributed by atoms with van der Waals surface area (Å²) in [5.74, 6) is -7.10.